The van der Waals surface area contributed by atoms with Gasteiger partial charge in [-0.25, -0.2) is 0 Å². The Kier molecular flexibility index (Phi) is 0.356. The van der Waals surface area contributed by atoms with Crippen LogP contribution in [0.25, 0.3) is 0 Å². The predicted molar refractivity (Wildman–Crippen MR) is 21.3 cm³/mol. The minimum atomic E-state index is -0.420. The van der Waals surface area contributed by atoms with Gasteiger partial charge in [-0.2, -0.15) is 0 Å². The van der Waals surface area contributed by atoms with Crippen molar-refractivity contribution in [3.63, 3.8) is 0 Å². The number of ether oxygens (including phenoxy) is 1. The fourth-order valence-corrected chi connectivity index (χ4v) is 5.70. The molecule has 0 aromatic heterocycles. The molecule has 4 heteroatoms. The SMILES string of the molecule is CC1(C)[O][Cf]=[C]([Rf])O1. The molecule has 1 rings (SSSR count). The van der Waals surface area contributed by atoms with E-state index in [9.17, 15) is 0 Å². The van der Waals surface area contributed by atoms with Gasteiger partial charge in [0.25, 0.3) is 0 Å². The Hall–Kier alpha value is -2.21. The molecule has 0 atom stereocenters. The standard InChI is InChI=1S/C4H6O2.Cf.Rf/c1-4(2,5)6-3;;/h1-2H3;;/q-1;+1;. The van der Waals surface area contributed by atoms with Gasteiger partial charge in [0.2, 0.25) is 0 Å². The minimum absolute atomic E-state index is 0.253. The summed E-state index contributed by atoms with van der Waals surface area (Å²) in [7, 11) is 1.32. The predicted octanol–water partition coefficient (Wildman–Crippen LogP) is 0.406. The summed E-state index contributed by atoms with van der Waals surface area (Å²) in [6.45, 7) is 3.95. The van der Waals surface area contributed by atoms with Crippen molar-refractivity contribution in [2.75, 3.05) is 0 Å². The van der Waals surface area contributed by atoms with Crippen LogP contribution in [0.3, 0.4) is 0 Å². The van der Waals surface area contributed by atoms with Crippen LogP contribution >= 0.6 is 0 Å². The molecule has 0 N–H and O–H groups in total. The molecule has 0 bridgehead atoms. The summed E-state index contributed by atoms with van der Waals surface area (Å²) in [5.41, 5.74) is 0. The summed E-state index contributed by atoms with van der Waals surface area (Å²) < 4.78 is 5.57. The van der Waals surface area contributed by atoms with E-state index in [4.69, 9.17) is 9.84 Å². The molecular formula is C4H6CfO2Rf. The summed E-state index contributed by atoms with van der Waals surface area (Å²) >= 11 is 0. The van der Waals surface area contributed by atoms with Gasteiger partial charge in [0.1, 0.15) is 0 Å². The van der Waals surface area contributed by atoms with Gasteiger partial charge >= 0.3 is 36.6 Å². The summed E-state index contributed by atoms with van der Waals surface area (Å²) in [6.07, 6.45) is 0. The summed E-state index contributed by atoms with van der Waals surface area (Å²) in [5.74, 6) is -0.253. The Bertz CT molecular complexity index is 132. The molecule has 0 radical (unpaired) electrons. The fourth-order valence-electron chi connectivity index (χ4n) is 0.392. The van der Waals surface area contributed by atoms with Crippen molar-refractivity contribution in [1.29, 1.82) is 0 Å². The normalized spacial score (nSPS) is 24.8. The van der Waals surface area contributed by atoms with Crippen molar-refractivity contribution in [2.24, 2.45) is 0 Å². The number of hydrogen-bond acceptors (Lipinski definition) is 2. The second-order valence-corrected chi connectivity index (χ2v) is 15.2. The van der Waals surface area contributed by atoms with Crippen LogP contribution < -0.4 is 0 Å². The third-order valence-corrected chi connectivity index (χ3v) is 7.55. The van der Waals surface area contributed by atoms with Gasteiger partial charge in [-0.15, -0.1) is 0 Å². The number of rotatable bonds is 0. The van der Waals surface area contributed by atoms with E-state index < -0.39 is 0 Å². The van der Waals surface area contributed by atoms with Crippen molar-refractivity contribution in [3.05, 3.63) is 0 Å². The third kappa shape index (κ3) is 0.382. The average Bonchev–Trinajstić information content (AvgIpc) is 1.82. The third-order valence-electron chi connectivity index (χ3n) is 0.610. The van der Waals surface area contributed by atoms with Crippen molar-refractivity contribution < 1.29 is 9.84 Å². The van der Waals surface area contributed by atoms with E-state index in [-0.39, 0.29) is 5.79 Å². The summed E-state index contributed by atoms with van der Waals surface area (Å²) in [4.78, 5) is 0. The zero-order valence-electron chi connectivity index (χ0n) is 4.84. The van der Waals surface area contributed by atoms with E-state index in [0.717, 1.165) is 0 Å². The van der Waals surface area contributed by atoms with Gasteiger partial charge < -0.3 is 0 Å². The van der Waals surface area contributed by atoms with Gasteiger partial charge in [-0.3, -0.25) is 0 Å². The van der Waals surface area contributed by atoms with E-state index in [0.29, 0.717) is 0 Å². The van der Waals surface area contributed by atoms with E-state index in [1.54, 1.807) is 0 Å². The van der Waals surface area contributed by atoms with Crippen LogP contribution in [0.15, 0.2) is 0 Å². The Morgan fingerprint density at radius 3 is 2.38 bits per heavy atom. The van der Waals surface area contributed by atoms with Crippen LogP contribution in [0.2, 0.25) is 0 Å². The first-order chi connectivity index (χ1) is 3.60. The molecule has 1 aliphatic heterocycles. The molecule has 1 heterocycles. The molecule has 0 saturated heterocycles. The molecule has 46 valence electrons. The van der Waals surface area contributed by atoms with Crippen LogP contribution in [0.5, 0.6) is 0 Å². The quantitative estimate of drug-likeness (QED) is 0.400. The maximum atomic E-state index is 5.40. The van der Waals surface area contributed by atoms with Gasteiger partial charge in [0.05, 0.1) is 0 Å². The van der Waals surface area contributed by atoms with Crippen LogP contribution in [-0.4, -0.2) is 12.9 Å². The Labute approximate surface area is 37.7 Å². The van der Waals surface area contributed by atoms with Crippen LogP contribution in [0.1, 0.15) is 13.8 Å². The van der Waals surface area contributed by atoms with Crippen molar-refractivity contribution >= 4 is 7.11 Å². The first kappa shape index (κ1) is 3.96. The van der Waals surface area contributed by atoms with Gasteiger partial charge in [0.15, 0.2) is 0 Å². The van der Waals surface area contributed by atoms with E-state index in [1.165, 1.54) is 7.11 Å². The Morgan fingerprint density at radius 1 is 1.62 bits per heavy atom. The van der Waals surface area contributed by atoms with Gasteiger partial charge in [-0.05, 0) is 0 Å². The second-order valence-electron chi connectivity index (χ2n) is 1.95. The molecule has 0 fully saturated rings. The topological polar surface area (TPSA) is 18.5 Å². The van der Waals surface area contributed by atoms with Crippen molar-refractivity contribution in [3.8, 4) is 0 Å². The molecule has 1 aliphatic rings. The fraction of sp³-hybridized carbons (Fsp3) is 0.750. The maximum absolute atomic E-state index is 5.40. The second kappa shape index (κ2) is 0.718. The van der Waals surface area contributed by atoms with E-state index in [1.807, 2.05) is 13.8 Å². The van der Waals surface area contributed by atoms with Crippen LogP contribution in [-0.2, 0) is 9.84 Å². The Morgan fingerprint density at radius 2 is 2.25 bits per heavy atom. The molecule has 0 saturated carbocycles. The Balaban J connectivity index is 2.55. The summed E-state index contributed by atoms with van der Waals surface area (Å²) in [6, 6.07) is 0. The van der Waals surface area contributed by atoms with Gasteiger partial charge in [0, 0.05) is 0 Å². The zero-order chi connectivity index (χ0) is 6.20. The molecule has 0 spiro atoms. The van der Waals surface area contributed by atoms with Gasteiger partial charge in [-0.1, -0.05) is 0 Å². The molecule has 0 unspecified atom stereocenters. The van der Waals surface area contributed by atoms with E-state index >= 15 is 0 Å². The summed E-state index contributed by atoms with van der Waals surface area (Å²) in [5, 5.41) is 5.39. The monoisotopic (exact) mass is 602 g/mol. The molecule has 2 nitrogen and oxygen atoms in total. The number of hydrogen-bond donors (Lipinski definition) is 0. The van der Waals surface area contributed by atoms with Crippen LogP contribution in [0.4, 0.5) is 0 Å². The van der Waals surface area contributed by atoms with E-state index in [2.05, 4.69) is 0 Å². The molecule has 0 amide bonds. The molecule has 0 aromatic carbocycles. The van der Waals surface area contributed by atoms with Crippen molar-refractivity contribution in [1.82, 2.24) is 0 Å². The van der Waals surface area contributed by atoms with Crippen LogP contribution in [0, 0.1) is 0 Å². The first-order valence-corrected chi connectivity index (χ1v) is 7.84. The molecule has 0 aromatic rings. The van der Waals surface area contributed by atoms with Crippen molar-refractivity contribution in [2.45, 2.75) is 19.6 Å². The average molecular weight is 604 g/mol. The molecule has 8 heavy (non-hydrogen) atoms. The molecule has 0 aliphatic carbocycles. The molecular weight excluding hydrogens is 598 g/mol. The zero-order valence-corrected chi connectivity index (χ0v) is 13.9. The first-order valence-electron chi connectivity index (χ1n) is 2.25.